The fourth-order valence-electron chi connectivity index (χ4n) is 5.96. The second-order valence-electron chi connectivity index (χ2n) is 9.29. The lowest BCUT2D eigenvalue weighted by molar-refractivity contribution is -0.238. The Bertz CT molecular complexity index is 921. The van der Waals surface area contributed by atoms with Gasteiger partial charge >= 0.3 is 0 Å². The Morgan fingerprint density at radius 2 is 1.94 bits per heavy atom. The van der Waals surface area contributed by atoms with Crippen LogP contribution in [0.1, 0.15) is 18.4 Å². The number of aliphatic imine (C=N–C) groups is 1. The number of rotatable bonds is 5. The van der Waals surface area contributed by atoms with E-state index < -0.39 is 24.2 Å². The minimum absolute atomic E-state index is 0.0641. The smallest absolute Gasteiger partial charge is 0.180 e. The van der Waals surface area contributed by atoms with Gasteiger partial charge < -0.3 is 19.8 Å². The van der Waals surface area contributed by atoms with E-state index in [4.69, 9.17) is 16.2 Å². The third kappa shape index (κ3) is 3.47. The maximum Gasteiger partial charge on any atom is 0.180 e. The summed E-state index contributed by atoms with van der Waals surface area (Å²) in [6.45, 7) is 2.80. The van der Waals surface area contributed by atoms with Gasteiger partial charge in [-0.05, 0) is 37.6 Å². The third-order valence-corrected chi connectivity index (χ3v) is 7.59. The number of likely N-dealkylation sites (tertiary alicyclic amines) is 1. The van der Waals surface area contributed by atoms with Crippen molar-refractivity contribution in [2.75, 3.05) is 33.3 Å². The number of aliphatic hydroxyl groups excluding tert-OH is 1. The number of piperidine rings is 3. The summed E-state index contributed by atoms with van der Waals surface area (Å²) in [6, 6.07) is 9.85. The Labute approximate surface area is 190 Å². The topological polar surface area (TPSA) is 71.8 Å². The van der Waals surface area contributed by atoms with Crippen LogP contribution in [0.2, 0.25) is 0 Å². The lowest BCUT2D eigenvalue weighted by Gasteiger charge is -2.61. The highest BCUT2D eigenvalue weighted by atomic mass is 16.5. The summed E-state index contributed by atoms with van der Waals surface area (Å²) in [7, 11) is 1.62. The predicted octanol–water partition coefficient (Wildman–Crippen LogP) is 0.891. The SMILES string of the molecule is C#CC1N2CCC(CC2)[C@]1(O)N1C(Cc2ccccc2)=CC=NC1N1C[C@@H](O)[C@H](OC)C1. The number of methoxy groups -OCH3 is 1. The monoisotopic (exact) mass is 436 g/mol. The molecule has 5 atom stereocenters. The van der Waals surface area contributed by atoms with Crippen LogP contribution in [-0.2, 0) is 11.2 Å². The first kappa shape index (κ1) is 21.6. The average molecular weight is 437 g/mol. The number of hydrogen-bond acceptors (Lipinski definition) is 7. The van der Waals surface area contributed by atoms with E-state index in [0.29, 0.717) is 19.5 Å². The van der Waals surface area contributed by atoms with Crippen molar-refractivity contribution in [1.29, 1.82) is 0 Å². The molecule has 4 fully saturated rings. The molecule has 0 saturated carbocycles. The second kappa shape index (κ2) is 8.62. The molecule has 7 heteroatoms. The first-order valence-corrected chi connectivity index (χ1v) is 11.5. The lowest BCUT2D eigenvalue weighted by atomic mass is 9.74. The Hall–Kier alpha value is -2.21. The summed E-state index contributed by atoms with van der Waals surface area (Å²) < 4.78 is 5.48. The van der Waals surface area contributed by atoms with Crippen molar-refractivity contribution in [2.24, 2.45) is 10.9 Å². The average Bonchev–Trinajstić information content (AvgIpc) is 3.21. The number of ether oxygens (including phenoxy) is 1. The van der Waals surface area contributed by atoms with E-state index in [1.54, 1.807) is 7.11 Å². The molecule has 32 heavy (non-hydrogen) atoms. The van der Waals surface area contributed by atoms with Gasteiger partial charge in [-0.25, -0.2) is 0 Å². The Morgan fingerprint density at radius 3 is 2.59 bits per heavy atom. The number of β-amino-alcohol motifs (C(OH)–C–C–N with tert-alkyl or cyclic N) is 1. The molecule has 0 amide bonds. The molecule has 5 aliphatic heterocycles. The molecule has 1 aromatic rings. The van der Waals surface area contributed by atoms with Crippen LogP contribution in [0.15, 0.2) is 47.1 Å². The molecule has 5 aliphatic rings. The van der Waals surface area contributed by atoms with Crippen LogP contribution in [-0.4, -0.2) is 94.7 Å². The first-order valence-electron chi connectivity index (χ1n) is 11.5. The molecule has 7 nitrogen and oxygen atoms in total. The van der Waals surface area contributed by atoms with Gasteiger partial charge in [0.15, 0.2) is 12.0 Å². The molecule has 0 radical (unpaired) electrons. The van der Waals surface area contributed by atoms with Crippen LogP contribution in [0.4, 0.5) is 0 Å². The maximum atomic E-state index is 12.4. The van der Waals surface area contributed by atoms with Crippen molar-refractivity contribution in [1.82, 2.24) is 14.7 Å². The highest BCUT2D eigenvalue weighted by Crippen LogP contribution is 2.46. The van der Waals surface area contributed by atoms with Gasteiger partial charge in [0.25, 0.3) is 0 Å². The van der Waals surface area contributed by atoms with E-state index in [2.05, 4.69) is 32.8 Å². The van der Waals surface area contributed by atoms with Gasteiger partial charge in [-0.3, -0.25) is 14.8 Å². The Morgan fingerprint density at radius 1 is 1.19 bits per heavy atom. The molecule has 0 aliphatic carbocycles. The van der Waals surface area contributed by atoms with E-state index in [-0.39, 0.29) is 12.0 Å². The number of benzene rings is 1. The third-order valence-electron chi connectivity index (χ3n) is 7.59. The van der Waals surface area contributed by atoms with Gasteiger partial charge in [-0.1, -0.05) is 36.3 Å². The minimum atomic E-state index is -1.23. The van der Waals surface area contributed by atoms with Gasteiger partial charge in [-0.2, -0.15) is 0 Å². The molecule has 6 rings (SSSR count). The van der Waals surface area contributed by atoms with Crippen molar-refractivity contribution in [3.8, 4) is 12.3 Å². The lowest BCUT2D eigenvalue weighted by Crippen LogP contribution is -2.74. The van der Waals surface area contributed by atoms with E-state index in [0.717, 1.165) is 37.2 Å². The van der Waals surface area contributed by atoms with Crippen molar-refractivity contribution >= 4 is 6.21 Å². The van der Waals surface area contributed by atoms with Crippen LogP contribution in [0.3, 0.4) is 0 Å². The van der Waals surface area contributed by atoms with Crippen LogP contribution >= 0.6 is 0 Å². The van der Waals surface area contributed by atoms with Crippen LogP contribution < -0.4 is 0 Å². The molecule has 2 unspecified atom stereocenters. The van der Waals surface area contributed by atoms with Gasteiger partial charge in [0.2, 0.25) is 0 Å². The van der Waals surface area contributed by atoms with Crippen molar-refractivity contribution in [2.45, 2.75) is 49.5 Å². The molecular formula is C25H32N4O3. The van der Waals surface area contributed by atoms with Crippen molar-refractivity contribution in [3.05, 3.63) is 47.7 Å². The highest BCUT2D eigenvalue weighted by Gasteiger charge is 2.59. The van der Waals surface area contributed by atoms with Crippen LogP contribution in [0.25, 0.3) is 0 Å². The molecule has 0 aromatic heterocycles. The molecule has 4 saturated heterocycles. The number of allylic oxidation sites excluding steroid dienone is 2. The molecular weight excluding hydrogens is 404 g/mol. The number of nitrogens with zero attached hydrogens (tertiary/aromatic N) is 4. The molecule has 1 aromatic carbocycles. The summed E-state index contributed by atoms with van der Waals surface area (Å²) in [5.41, 5.74) is 0.920. The second-order valence-corrected chi connectivity index (χ2v) is 9.29. The summed E-state index contributed by atoms with van der Waals surface area (Å²) >= 11 is 0. The molecule has 5 heterocycles. The molecule has 2 N–H and O–H groups in total. The van der Waals surface area contributed by atoms with E-state index in [9.17, 15) is 10.2 Å². The van der Waals surface area contributed by atoms with Crippen molar-refractivity contribution in [3.63, 3.8) is 0 Å². The quantitative estimate of drug-likeness (QED) is 0.668. The Kier molecular flexibility index (Phi) is 5.82. The molecule has 2 bridgehead atoms. The first-order chi connectivity index (χ1) is 15.6. The van der Waals surface area contributed by atoms with Gasteiger partial charge in [0, 0.05) is 44.4 Å². The summed E-state index contributed by atoms with van der Waals surface area (Å²) in [4.78, 5) is 11.2. The van der Waals surface area contributed by atoms with E-state index in [1.807, 2.05) is 30.5 Å². The van der Waals surface area contributed by atoms with Gasteiger partial charge in [-0.15, -0.1) is 6.42 Å². The largest absolute Gasteiger partial charge is 0.389 e. The number of hydrogen-bond donors (Lipinski definition) is 2. The Balaban J connectivity index is 1.55. The van der Waals surface area contributed by atoms with Crippen molar-refractivity contribution < 1.29 is 14.9 Å². The fraction of sp³-hybridized carbons (Fsp3) is 0.560. The van der Waals surface area contributed by atoms with Crippen LogP contribution in [0.5, 0.6) is 0 Å². The van der Waals surface area contributed by atoms with E-state index >= 15 is 0 Å². The molecule has 170 valence electrons. The highest BCUT2D eigenvalue weighted by molar-refractivity contribution is 5.73. The number of aliphatic hydroxyl groups is 2. The van der Waals surface area contributed by atoms with Gasteiger partial charge in [0.05, 0.1) is 12.2 Å². The maximum absolute atomic E-state index is 12.4. The zero-order chi connectivity index (χ0) is 22.3. The number of terminal acetylenes is 1. The zero-order valence-corrected chi connectivity index (χ0v) is 18.5. The summed E-state index contributed by atoms with van der Waals surface area (Å²) in [5, 5.41) is 22.9. The van der Waals surface area contributed by atoms with Gasteiger partial charge in [0.1, 0.15) is 6.04 Å². The summed E-state index contributed by atoms with van der Waals surface area (Å²) in [6.07, 6.45) is 11.0. The van der Waals surface area contributed by atoms with E-state index in [1.165, 1.54) is 0 Å². The predicted molar refractivity (Wildman–Crippen MR) is 123 cm³/mol. The standard InChI is InChI=1S/C25H32N4O3/c1-3-23-25(31,19-10-13-27(23)14-11-19)29-20(15-18-7-5-4-6-8-18)9-12-26-24(29)28-16-21(30)22(17-28)32-2/h1,4-9,12,19,21-24,30-31H,10-11,13-17H2,2H3/t21-,22-,23?,24?,25-/m1/s1. The molecule has 0 spiro atoms. The zero-order valence-electron chi connectivity index (χ0n) is 18.5. The number of fused-ring (bicyclic) bond motifs is 3. The fourth-order valence-corrected chi connectivity index (χ4v) is 5.96. The minimum Gasteiger partial charge on any atom is -0.389 e. The summed E-state index contributed by atoms with van der Waals surface area (Å²) in [5.74, 6) is 2.97. The normalized spacial score (nSPS) is 39.2. The van der Waals surface area contributed by atoms with Crippen LogP contribution in [0, 0.1) is 18.3 Å².